The summed E-state index contributed by atoms with van der Waals surface area (Å²) in [6, 6.07) is 17.7. The van der Waals surface area contributed by atoms with Gasteiger partial charge in [0.15, 0.2) is 0 Å². The average Bonchev–Trinajstić information content (AvgIpc) is 3.45. The van der Waals surface area contributed by atoms with Crippen LogP contribution in [0.25, 0.3) is 10.8 Å². The molecule has 0 amide bonds. The molecule has 5 rings (SSSR count). The first-order valence-corrected chi connectivity index (χ1v) is 12.1. The summed E-state index contributed by atoms with van der Waals surface area (Å²) in [4.78, 5) is 11.9. The van der Waals surface area contributed by atoms with E-state index in [2.05, 4.69) is 21.0 Å². The van der Waals surface area contributed by atoms with Gasteiger partial charge in [-0.05, 0) is 47.4 Å². The Labute approximate surface area is 185 Å². The Kier molecular flexibility index (Phi) is 5.19. The number of aryl methyl sites for hydroxylation is 1. The smallest absolute Gasteiger partial charge is 0.391 e. The molecule has 2 unspecified atom stereocenters. The highest BCUT2D eigenvalue weighted by Gasteiger charge is 2.33. The molecule has 0 saturated heterocycles. The maximum atomic E-state index is 13.5. The van der Waals surface area contributed by atoms with E-state index in [-0.39, 0.29) is 16.7 Å². The lowest BCUT2D eigenvalue weighted by Crippen LogP contribution is -2.32. The Morgan fingerprint density at radius 3 is 2.62 bits per heavy atom. The van der Waals surface area contributed by atoms with Crippen molar-refractivity contribution in [3.63, 3.8) is 0 Å². The third-order valence-corrected chi connectivity index (χ3v) is 7.71. The number of nitrogens with zero attached hydrogens (tertiary/aromatic N) is 1. The van der Waals surface area contributed by atoms with Crippen molar-refractivity contribution in [1.82, 2.24) is 14.9 Å². The van der Waals surface area contributed by atoms with Crippen LogP contribution in [0.15, 0.2) is 74.8 Å². The fraction of sp³-hybridized carbons (Fsp3) is 0.250. The van der Waals surface area contributed by atoms with Crippen LogP contribution < -0.4 is 10.5 Å². The molecule has 4 aromatic rings. The van der Waals surface area contributed by atoms with Crippen LogP contribution >= 0.6 is 0 Å². The summed E-state index contributed by atoms with van der Waals surface area (Å²) >= 11 is 0. The summed E-state index contributed by atoms with van der Waals surface area (Å²) in [6.45, 7) is 1.93. The van der Waals surface area contributed by atoms with Crippen molar-refractivity contribution in [2.45, 2.75) is 43.0 Å². The standard InChI is InChI=1S/C24H23N3O4S/c1-15(18-12-4-8-16-9-5-13-19(16)18)22(23-25-26-24(28)31-23)27-32(29,30)21-14-6-10-17-7-2-3-11-20(17)21/h2-4,6-8,10-12,14-15,22,27H,5,9,13H2,1H3,(H,26,28). The van der Waals surface area contributed by atoms with Crippen LogP contribution in [0.1, 0.15) is 47.9 Å². The number of H-pyrrole nitrogens is 1. The number of nitrogens with one attached hydrogen (secondary N) is 2. The molecule has 1 aromatic heterocycles. The highest BCUT2D eigenvalue weighted by molar-refractivity contribution is 7.89. The highest BCUT2D eigenvalue weighted by atomic mass is 32.2. The molecular weight excluding hydrogens is 426 g/mol. The molecule has 1 aliphatic rings. The minimum atomic E-state index is -3.96. The molecular formula is C24H23N3O4S. The number of aromatic amines is 1. The lowest BCUT2D eigenvalue weighted by Gasteiger charge is -2.24. The van der Waals surface area contributed by atoms with Gasteiger partial charge in [0, 0.05) is 11.3 Å². The molecule has 0 spiro atoms. The van der Waals surface area contributed by atoms with Gasteiger partial charge in [-0.3, -0.25) is 0 Å². The van der Waals surface area contributed by atoms with Crippen LogP contribution in [0.5, 0.6) is 0 Å². The number of benzene rings is 3. The van der Waals surface area contributed by atoms with E-state index in [4.69, 9.17) is 4.42 Å². The summed E-state index contributed by atoms with van der Waals surface area (Å²) in [5.41, 5.74) is 3.57. The highest BCUT2D eigenvalue weighted by Crippen LogP contribution is 2.37. The van der Waals surface area contributed by atoms with Crippen LogP contribution in [-0.4, -0.2) is 18.6 Å². The summed E-state index contributed by atoms with van der Waals surface area (Å²) in [7, 11) is -3.96. The molecule has 0 saturated carbocycles. The van der Waals surface area contributed by atoms with Gasteiger partial charge in [0.05, 0.1) is 4.90 Å². The normalized spacial score (nSPS) is 15.5. The molecule has 1 aliphatic carbocycles. The first-order chi connectivity index (χ1) is 15.4. The van der Waals surface area contributed by atoms with E-state index in [9.17, 15) is 13.2 Å². The zero-order valence-corrected chi connectivity index (χ0v) is 18.4. The first-order valence-electron chi connectivity index (χ1n) is 10.6. The number of rotatable bonds is 6. The number of hydrogen-bond acceptors (Lipinski definition) is 5. The molecule has 8 heteroatoms. The molecule has 32 heavy (non-hydrogen) atoms. The van der Waals surface area contributed by atoms with E-state index >= 15 is 0 Å². The third kappa shape index (κ3) is 3.65. The molecule has 2 N–H and O–H groups in total. The van der Waals surface area contributed by atoms with Crippen LogP contribution in [0.2, 0.25) is 0 Å². The molecule has 1 heterocycles. The van der Waals surface area contributed by atoms with Crippen molar-refractivity contribution >= 4 is 20.8 Å². The summed E-state index contributed by atoms with van der Waals surface area (Å²) in [5.74, 6) is -1.01. The van der Waals surface area contributed by atoms with Gasteiger partial charge in [0.2, 0.25) is 15.9 Å². The largest absolute Gasteiger partial charge is 0.434 e. The second-order valence-electron chi connectivity index (χ2n) is 8.15. The van der Waals surface area contributed by atoms with Crippen molar-refractivity contribution in [1.29, 1.82) is 0 Å². The Bertz CT molecular complexity index is 1450. The van der Waals surface area contributed by atoms with Crippen LogP contribution in [0.3, 0.4) is 0 Å². The van der Waals surface area contributed by atoms with Crippen LogP contribution in [0.4, 0.5) is 0 Å². The summed E-state index contributed by atoms with van der Waals surface area (Å²) in [6.07, 6.45) is 3.03. The van der Waals surface area contributed by atoms with Gasteiger partial charge in [-0.2, -0.15) is 4.72 Å². The fourth-order valence-electron chi connectivity index (χ4n) is 4.66. The summed E-state index contributed by atoms with van der Waals surface area (Å²) in [5, 5.41) is 7.67. The molecule has 7 nitrogen and oxygen atoms in total. The minimum absolute atomic E-state index is 0.0157. The molecule has 0 radical (unpaired) electrons. The third-order valence-electron chi connectivity index (χ3n) is 6.21. The van der Waals surface area contributed by atoms with Crippen molar-refractivity contribution in [2.24, 2.45) is 0 Å². The Morgan fingerprint density at radius 1 is 1.03 bits per heavy atom. The van der Waals surface area contributed by atoms with Crippen molar-refractivity contribution in [3.8, 4) is 0 Å². The van der Waals surface area contributed by atoms with Gasteiger partial charge < -0.3 is 4.42 Å². The fourth-order valence-corrected chi connectivity index (χ4v) is 6.16. The SMILES string of the molecule is CC(c1cccc2c1CCC2)C(NS(=O)(=O)c1cccc2ccccc12)c1n[nH]c(=O)o1. The number of sulfonamides is 1. The quantitative estimate of drug-likeness (QED) is 0.465. The monoisotopic (exact) mass is 449 g/mol. The maximum absolute atomic E-state index is 13.5. The maximum Gasteiger partial charge on any atom is 0.434 e. The van der Waals surface area contributed by atoms with E-state index in [0.717, 1.165) is 30.2 Å². The lowest BCUT2D eigenvalue weighted by molar-refractivity contribution is 0.381. The van der Waals surface area contributed by atoms with Crippen LogP contribution in [0, 0.1) is 0 Å². The predicted octanol–water partition coefficient (Wildman–Crippen LogP) is 3.83. The Hall–Kier alpha value is -3.23. The number of aromatic nitrogens is 2. The minimum Gasteiger partial charge on any atom is -0.391 e. The molecule has 3 aromatic carbocycles. The van der Waals surface area contributed by atoms with E-state index in [0.29, 0.717) is 5.39 Å². The van der Waals surface area contributed by atoms with Gasteiger partial charge in [-0.1, -0.05) is 61.5 Å². The molecule has 164 valence electrons. The predicted molar refractivity (Wildman–Crippen MR) is 121 cm³/mol. The van der Waals surface area contributed by atoms with Gasteiger partial charge >= 0.3 is 5.76 Å². The topological polar surface area (TPSA) is 105 Å². The number of fused-ring (bicyclic) bond motifs is 2. The van der Waals surface area contributed by atoms with Gasteiger partial charge in [-0.15, -0.1) is 5.10 Å². The average molecular weight is 450 g/mol. The van der Waals surface area contributed by atoms with Crippen molar-refractivity contribution in [2.75, 3.05) is 0 Å². The molecule has 0 bridgehead atoms. The molecule has 0 fully saturated rings. The lowest BCUT2D eigenvalue weighted by atomic mass is 9.88. The second kappa shape index (κ2) is 8.03. The first kappa shape index (κ1) is 20.7. The second-order valence-corrected chi connectivity index (χ2v) is 9.84. The number of hydrogen-bond donors (Lipinski definition) is 2. The van der Waals surface area contributed by atoms with E-state index in [1.807, 2.05) is 43.3 Å². The van der Waals surface area contributed by atoms with Gasteiger partial charge in [0.1, 0.15) is 6.04 Å². The van der Waals surface area contributed by atoms with E-state index in [1.54, 1.807) is 18.2 Å². The molecule has 0 aliphatic heterocycles. The van der Waals surface area contributed by atoms with Crippen LogP contribution in [-0.2, 0) is 22.9 Å². The summed E-state index contributed by atoms with van der Waals surface area (Å²) < 4.78 is 35.1. The Morgan fingerprint density at radius 2 is 1.81 bits per heavy atom. The molecule has 2 atom stereocenters. The zero-order chi connectivity index (χ0) is 22.3. The van der Waals surface area contributed by atoms with Crippen molar-refractivity contribution < 1.29 is 12.8 Å². The Balaban J connectivity index is 1.59. The zero-order valence-electron chi connectivity index (χ0n) is 17.5. The van der Waals surface area contributed by atoms with Gasteiger partial charge in [0.25, 0.3) is 0 Å². The van der Waals surface area contributed by atoms with E-state index < -0.39 is 21.8 Å². The van der Waals surface area contributed by atoms with E-state index in [1.165, 1.54) is 11.1 Å². The van der Waals surface area contributed by atoms with Crippen molar-refractivity contribution in [3.05, 3.63) is 93.8 Å². The van der Waals surface area contributed by atoms with Gasteiger partial charge in [-0.25, -0.2) is 18.3 Å².